The molecule has 0 aliphatic carbocycles. The van der Waals surface area contributed by atoms with Crippen LogP contribution in [0.25, 0.3) is 10.8 Å². The number of ether oxygens (including phenoxy) is 3. The summed E-state index contributed by atoms with van der Waals surface area (Å²) >= 11 is 0. The molecule has 33 heavy (non-hydrogen) atoms. The van der Waals surface area contributed by atoms with E-state index in [-0.39, 0.29) is 35.1 Å². The summed E-state index contributed by atoms with van der Waals surface area (Å²) in [6.07, 6.45) is 0. The summed E-state index contributed by atoms with van der Waals surface area (Å²) in [5, 5.41) is 1.90. The van der Waals surface area contributed by atoms with Crippen molar-refractivity contribution in [2.75, 3.05) is 40.0 Å². The summed E-state index contributed by atoms with van der Waals surface area (Å²) < 4.78 is 43.1. The first kappa shape index (κ1) is 22.9. The maximum atomic E-state index is 13.1. The Hall–Kier alpha value is -3.27. The lowest BCUT2D eigenvalue weighted by Crippen LogP contribution is -2.40. The first-order valence-electron chi connectivity index (χ1n) is 10.4. The molecule has 1 aliphatic rings. The molecule has 0 saturated carbocycles. The second kappa shape index (κ2) is 9.70. The van der Waals surface area contributed by atoms with Crippen LogP contribution in [0.5, 0.6) is 5.75 Å². The highest BCUT2D eigenvalue weighted by atomic mass is 32.2. The minimum atomic E-state index is -3.90. The van der Waals surface area contributed by atoms with Crippen molar-refractivity contribution in [2.45, 2.75) is 4.90 Å². The topological polar surface area (TPSA) is 99.2 Å². The van der Waals surface area contributed by atoms with Crippen LogP contribution in [0.4, 0.5) is 0 Å². The van der Waals surface area contributed by atoms with Gasteiger partial charge >= 0.3 is 5.97 Å². The van der Waals surface area contributed by atoms with E-state index in [1.54, 1.807) is 12.1 Å². The fourth-order valence-corrected chi connectivity index (χ4v) is 5.18. The summed E-state index contributed by atoms with van der Waals surface area (Å²) in [7, 11) is -2.55. The molecule has 172 valence electrons. The maximum Gasteiger partial charge on any atom is 0.338 e. The Morgan fingerprint density at radius 1 is 0.939 bits per heavy atom. The molecule has 9 heteroatoms. The molecule has 0 atom stereocenters. The minimum Gasteiger partial charge on any atom is -0.495 e. The highest BCUT2D eigenvalue weighted by Crippen LogP contribution is 2.28. The van der Waals surface area contributed by atoms with E-state index in [9.17, 15) is 18.0 Å². The summed E-state index contributed by atoms with van der Waals surface area (Å²) in [4.78, 5) is 25.0. The molecule has 3 aromatic rings. The van der Waals surface area contributed by atoms with Crippen LogP contribution in [0.15, 0.2) is 65.6 Å². The first-order valence-corrected chi connectivity index (χ1v) is 11.8. The molecular formula is C24H23NO7S. The molecule has 1 aliphatic heterocycles. The van der Waals surface area contributed by atoms with Crippen molar-refractivity contribution in [2.24, 2.45) is 0 Å². The zero-order chi connectivity index (χ0) is 23.4. The van der Waals surface area contributed by atoms with E-state index in [1.165, 1.54) is 29.6 Å². The van der Waals surface area contributed by atoms with E-state index in [4.69, 9.17) is 14.2 Å². The number of esters is 1. The Morgan fingerprint density at radius 3 is 2.36 bits per heavy atom. The van der Waals surface area contributed by atoms with Gasteiger partial charge in [0.05, 0.1) is 25.9 Å². The number of carbonyl (C=O) groups excluding carboxylic acids is 2. The van der Waals surface area contributed by atoms with Crippen LogP contribution in [0, 0.1) is 0 Å². The largest absolute Gasteiger partial charge is 0.495 e. The number of ketones is 1. The fraction of sp³-hybridized carbons (Fsp3) is 0.250. The molecular weight excluding hydrogens is 446 g/mol. The Labute approximate surface area is 191 Å². The van der Waals surface area contributed by atoms with Crippen LogP contribution < -0.4 is 4.74 Å². The fourth-order valence-electron chi connectivity index (χ4n) is 3.59. The van der Waals surface area contributed by atoms with Crippen molar-refractivity contribution in [3.8, 4) is 5.75 Å². The van der Waals surface area contributed by atoms with Gasteiger partial charge < -0.3 is 14.2 Å². The summed E-state index contributed by atoms with van der Waals surface area (Å²) in [6.45, 7) is 0.538. The number of morpholine rings is 1. The van der Waals surface area contributed by atoms with Gasteiger partial charge in [0.2, 0.25) is 10.0 Å². The van der Waals surface area contributed by atoms with Crippen molar-refractivity contribution in [3.63, 3.8) is 0 Å². The lowest BCUT2D eigenvalue weighted by molar-refractivity contribution is 0.0474. The van der Waals surface area contributed by atoms with Crippen molar-refractivity contribution < 1.29 is 32.2 Å². The standard InChI is InChI=1S/C24H23NO7S/c1-30-22-9-8-20(15-23(22)33(28,29)25-10-12-31-13-11-25)24(27)32-16-21(26)19-7-6-17-4-2-3-5-18(17)14-19/h2-9,14-15H,10-13,16H2,1H3. The lowest BCUT2D eigenvalue weighted by Gasteiger charge is -2.26. The molecule has 0 amide bonds. The van der Waals surface area contributed by atoms with Crippen molar-refractivity contribution >= 4 is 32.5 Å². The van der Waals surface area contributed by atoms with Crippen LogP contribution in [-0.4, -0.2) is 64.5 Å². The van der Waals surface area contributed by atoms with Gasteiger partial charge in [-0.2, -0.15) is 4.31 Å². The number of carbonyl (C=O) groups is 2. The number of nitrogens with zero attached hydrogens (tertiary/aromatic N) is 1. The lowest BCUT2D eigenvalue weighted by atomic mass is 10.0. The Kier molecular flexibility index (Phi) is 6.73. The molecule has 0 N–H and O–H groups in total. The van der Waals surface area contributed by atoms with Crippen molar-refractivity contribution in [1.29, 1.82) is 0 Å². The third-order valence-electron chi connectivity index (χ3n) is 5.39. The molecule has 0 aromatic heterocycles. The van der Waals surface area contributed by atoms with Crippen LogP contribution in [0.3, 0.4) is 0 Å². The predicted molar refractivity (Wildman–Crippen MR) is 121 cm³/mol. The Bertz CT molecular complexity index is 1300. The van der Waals surface area contributed by atoms with Gasteiger partial charge in [0.25, 0.3) is 0 Å². The van der Waals surface area contributed by atoms with Gasteiger partial charge in [0.1, 0.15) is 10.6 Å². The predicted octanol–water partition coefficient (Wildman–Crippen LogP) is 2.91. The third-order valence-corrected chi connectivity index (χ3v) is 7.31. The van der Waals surface area contributed by atoms with E-state index in [2.05, 4.69) is 0 Å². The van der Waals surface area contributed by atoms with E-state index in [0.29, 0.717) is 18.8 Å². The normalized spacial score (nSPS) is 14.7. The quantitative estimate of drug-likeness (QED) is 0.388. The number of rotatable bonds is 7. The number of methoxy groups -OCH3 is 1. The van der Waals surface area contributed by atoms with Crippen LogP contribution in [0.1, 0.15) is 20.7 Å². The third kappa shape index (κ3) is 4.90. The highest BCUT2D eigenvalue weighted by Gasteiger charge is 2.30. The highest BCUT2D eigenvalue weighted by molar-refractivity contribution is 7.89. The number of fused-ring (bicyclic) bond motifs is 1. The number of hydrogen-bond donors (Lipinski definition) is 0. The number of benzene rings is 3. The van der Waals surface area contributed by atoms with E-state index in [0.717, 1.165) is 10.8 Å². The summed E-state index contributed by atoms with van der Waals surface area (Å²) in [6, 6.07) is 16.9. The van der Waals surface area contributed by atoms with Gasteiger partial charge in [-0.05, 0) is 35.0 Å². The van der Waals surface area contributed by atoms with E-state index < -0.39 is 22.6 Å². The monoisotopic (exact) mass is 469 g/mol. The Morgan fingerprint density at radius 2 is 1.64 bits per heavy atom. The smallest absolute Gasteiger partial charge is 0.338 e. The molecule has 0 bridgehead atoms. The summed E-state index contributed by atoms with van der Waals surface area (Å²) in [5.74, 6) is -1.04. The van der Waals surface area contributed by atoms with Gasteiger partial charge in [0, 0.05) is 18.7 Å². The van der Waals surface area contributed by atoms with Gasteiger partial charge in [-0.25, -0.2) is 13.2 Å². The van der Waals surface area contributed by atoms with Crippen LogP contribution in [0.2, 0.25) is 0 Å². The van der Waals surface area contributed by atoms with Crippen molar-refractivity contribution in [1.82, 2.24) is 4.31 Å². The number of Topliss-reactive ketones (excluding diaryl/α,β-unsaturated/α-hetero) is 1. The average molecular weight is 470 g/mol. The molecule has 1 saturated heterocycles. The van der Waals surface area contributed by atoms with Gasteiger partial charge in [0.15, 0.2) is 12.4 Å². The Balaban J connectivity index is 1.50. The molecule has 0 spiro atoms. The van der Waals surface area contributed by atoms with Crippen molar-refractivity contribution in [3.05, 3.63) is 71.8 Å². The molecule has 8 nitrogen and oxygen atoms in total. The maximum absolute atomic E-state index is 13.1. The second-order valence-electron chi connectivity index (χ2n) is 7.44. The molecule has 3 aromatic carbocycles. The van der Waals surface area contributed by atoms with Crippen LogP contribution in [-0.2, 0) is 19.5 Å². The number of sulfonamides is 1. The molecule has 0 unspecified atom stereocenters. The van der Waals surface area contributed by atoms with Gasteiger partial charge in [-0.1, -0.05) is 36.4 Å². The molecule has 4 rings (SSSR count). The average Bonchev–Trinajstić information content (AvgIpc) is 2.86. The number of hydrogen-bond acceptors (Lipinski definition) is 7. The first-order chi connectivity index (χ1) is 15.9. The zero-order valence-corrected chi connectivity index (χ0v) is 18.8. The molecule has 1 fully saturated rings. The van der Waals surface area contributed by atoms with E-state index in [1.807, 2.05) is 30.3 Å². The van der Waals surface area contributed by atoms with E-state index >= 15 is 0 Å². The van der Waals surface area contributed by atoms with Gasteiger partial charge in [-0.3, -0.25) is 4.79 Å². The second-order valence-corrected chi connectivity index (χ2v) is 9.35. The van der Waals surface area contributed by atoms with Crippen LogP contribution >= 0.6 is 0 Å². The SMILES string of the molecule is COc1ccc(C(=O)OCC(=O)c2ccc3ccccc3c2)cc1S(=O)(=O)N1CCOCC1. The minimum absolute atomic E-state index is 0.00828. The van der Waals surface area contributed by atoms with Gasteiger partial charge in [-0.15, -0.1) is 0 Å². The summed E-state index contributed by atoms with van der Waals surface area (Å²) in [5.41, 5.74) is 0.431. The molecule has 0 radical (unpaired) electrons. The molecule has 1 heterocycles. The zero-order valence-electron chi connectivity index (χ0n) is 18.0.